The molecule has 1 aliphatic heterocycles. The predicted octanol–water partition coefficient (Wildman–Crippen LogP) is 3.88. The second-order valence-corrected chi connectivity index (χ2v) is 9.34. The largest absolute Gasteiger partial charge is 0.333 e. The van der Waals surface area contributed by atoms with E-state index in [1.54, 1.807) is 4.90 Å². The highest BCUT2D eigenvalue weighted by molar-refractivity contribution is 9.10. The average molecular weight is 452 g/mol. The zero-order valence-corrected chi connectivity index (χ0v) is 17.9. The van der Waals surface area contributed by atoms with E-state index in [9.17, 15) is 9.59 Å². The fraction of sp³-hybridized carbons (Fsp3) is 0.444. The monoisotopic (exact) mass is 451 g/mol. The molecule has 1 fully saturated rings. The van der Waals surface area contributed by atoms with Gasteiger partial charge in [0.2, 0.25) is 11.0 Å². The molecular weight excluding hydrogens is 430 g/mol. The van der Waals surface area contributed by atoms with Crippen molar-refractivity contribution in [2.75, 3.05) is 11.9 Å². The van der Waals surface area contributed by atoms with Crippen LogP contribution in [0, 0.1) is 0 Å². The Morgan fingerprint density at radius 3 is 2.78 bits per heavy atom. The van der Waals surface area contributed by atoms with Crippen molar-refractivity contribution in [2.45, 2.75) is 45.2 Å². The van der Waals surface area contributed by atoms with Gasteiger partial charge in [-0.2, -0.15) is 0 Å². The van der Waals surface area contributed by atoms with Gasteiger partial charge in [0, 0.05) is 22.1 Å². The molecule has 3 amide bonds. The number of hydrogen-bond donors (Lipinski definition) is 2. The van der Waals surface area contributed by atoms with Gasteiger partial charge in [0.15, 0.2) is 0 Å². The highest BCUT2D eigenvalue weighted by atomic mass is 79.9. The van der Waals surface area contributed by atoms with Crippen LogP contribution in [-0.4, -0.2) is 45.2 Å². The third-order valence-corrected chi connectivity index (χ3v) is 5.41. The Morgan fingerprint density at radius 1 is 1.30 bits per heavy atom. The van der Waals surface area contributed by atoms with E-state index in [4.69, 9.17) is 0 Å². The molecule has 3 rings (SSSR count). The summed E-state index contributed by atoms with van der Waals surface area (Å²) in [5, 5.41) is 15.1. The first-order chi connectivity index (χ1) is 12.7. The highest BCUT2D eigenvalue weighted by Gasteiger charge is 2.35. The van der Waals surface area contributed by atoms with E-state index in [1.165, 1.54) is 11.3 Å². The van der Waals surface area contributed by atoms with Crippen LogP contribution >= 0.6 is 27.3 Å². The third-order valence-electron chi connectivity index (χ3n) is 4.02. The van der Waals surface area contributed by atoms with Crippen molar-refractivity contribution in [1.29, 1.82) is 0 Å². The molecule has 27 heavy (non-hydrogen) atoms. The number of aromatic nitrogens is 2. The Morgan fingerprint density at radius 2 is 2.07 bits per heavy atom. The van der Waals surface area contributed by atoms with Gasteiger partial charge in [0.1, 0.15) is 11.0 Å². The van der Waals surface area contributed by atoms with Gasteiger partial charge in [-0.25, -0.2) is 4.79 Å². The van der Waals surface area contributed by atoms with Gasteiger partial charge >= 0.3 is 6.03 Å². The summed E-state index contributed by atoms with van der Waals surface area (Å²) in [6.07, 6.45) is 1.44. The maximum atomic E-state index is 12.7. The lowest BCUT2D eigenvalue weighted by molar-refractivity contribution is -0.119. The van der Waals surface area contributed by atoms with Crippen molar-refractivity contribution in [3.8, 4) is 10.6 Å². The lowest BCUT2D eigenvalue weighted by atomic mass is 10.1. The molecule has 1 aromatic carbocycles. The summed E-state index contributed by atoms with van der Waals surface area (Å²) in [5.41, 5.74) is 0.577. The van der Waals surface area contributed by atoms with Crippen LogP contribution in [-0.2, 0) is 4.79 Å². The van der Waals surface area contributed by atoms with Crippen molar-refractivity contribution >= 4 is 44.3 Å². The summed E-state index contributed by atoms with van der Waals surface area (Å²) < 4.78 is 0.951. The molecule has 0 bridgehead atoms. The van der Waals surface area contributed by atoms with E-state index >= 15 is 0 Å². The molecule has 1 saturated heterocycles. The minimum absolute atomic E-state index is 0.216. The van der Waals surface area contributed by atoms with E-state index in [-0.39, 0.29) is 17.5 Å². The molecule has 2 N–H and O–H groups in total. The smallest absolute Gasteiger partial charge is 0.318 e. The van der Waals surface area contributed by atoms with Gasteiger partial charge in [0.05, 0.1) is 0 Å². The summed E-state index contributed by atoms with van der Waals surface area (Å²) in [6, 6.07) is 7.03. The summed E-state index contributed by atoms with van der Waals surface area (Å²) in [5.74, 6) is -0.228. The number of nitrogens with zero attached hydrogens (tertiary/aromatic N) is 3. The van der Waals surface area contributed by atoms with Crippen molar-refractivity contribution in [3.05, 3.63) is 28.7 Å². The molecule has 2 aromatic rings. The Balaban J connectivity index is 1.67. The summed E-state index contributed by atoms with van der Waals surface area (Å²) >= 11 is 4.74. The number of amides is 3. The van der Waals surface area contributed by atoms with Crippen molar-refractivity contribution in [3.63, 3.8) is 0 Å². The number of carbonyl (C=O) groups excluding carboxylic acids is 2. The molecule has 0 spiro atoms. The zero-order chi connectivity index (χ0) is 19.6. The van der Waals surface area contributed by atoms with E-state index < -0.39 is 6.04 Å². The van der Waals surface area contributed by atoms with Gasteiger partial charge in [-0.1, -0.05) is 39.4 Å². The summed E-state index contributed by atoms with van der Waals surface area (Å²) in [7, 11) is 0. The predicted molar refractivity (Wildman–Crippen MR) is 110 cm³/mol. The SMILES string of the molecule is CC(C)(C)NC(=O)N1CCCC1C(=O)Nc1nnc(-c2cccc(Br)c2)s1. The number of likely N-dealkylation sites (tertiary alicyclic amines) is 1. The van der Waals surface area contributed by atoms with Gasteiger partial charge in [-0.3, -0.25) is 10.1 Å². The van der Waals surface area contributed by atoms with Gasteiger partial charge < -0.3 is 10.2 Å². The number of carbonyl (C=O) groups is 2. The minimum Gasteiger partial charge on any atom is -0.333 e. The van der Waals surface area contributed by atoms with E-state index in [0.29, 0.717) is 18.1 Å². The van der Waals surface area contributed by atoms with Crippen LogP contribution in [0.1, 0.15) is 33.6 Å². The van der Waals surface area contributed by atoms with Crippen molar-refractivity contribution < 1.29 is 9.59 Å². The minimum atomic E-state index is -0.495. The number of benzene rings is 1. The van der Waals surface area contributed by atoms with Crippen LogP contribution < -0.4 is 10.6 Å². The van der Waals surface area contributed by atoms with Gasteiger partial charge in [-0.15, -0.1) is 10.2 Å². The topological polar surface area (TPSA) is 87.2 Å². The number of urea groups is 1. The number of nitrogens with one attached hydrogen (secondary N) is 2. The van der Waals surface area contributed by atoms with Crippen LogP contribution in [0.25, 0.3) is 10.6 Å². The van der Waals surface area contributed by atoms with Crippen molar-refractivity contribution in [1.82, 2.24) is 20.4 Å². The van der Waals surface area contributed by atoms with Crippen LogP contribution in [0.4, 0.5) is 9.93 Å². The van der Waals surface area contributed by atoms with Crippen LogP contribution in [0.15, 0.2) is 28.7 Å². The van der Waals surface area contributed by atoms with Crippen molar-refractivity contribution in [2.24, 2.45) is 0 Å². The molecule has 7 nitrogen and oxygen atoms in total. The molecule has 1 aliphatic rings. The number of hydrogen-bond acceptors (Lipinski definition) is 5. The second kappa shape index (κ2) is 7.93. The molecule has 1 unspecified atom stereocenters. The first-order valence-electron chi connectivity index (χ1n) is 8.72. The molecule has 2 heterocycles. The Labute approximate surface area is 170 Å². The lowest BCUT2D eigenvalue weighted by Gasteiger charge is -2.28. The number of halogens is 1. The average Bonchev–Trinajstić information content (AvgIpc) is 3.22. The molecule has 144 valence electrons. The quantitative estimate of drug-likeness (QED) is 0.740. The first kappa shape index (κ1) is 19.8. The van der Waals surface area contributed by atoms with Crippen LogP contribution in [0.2, 0.25) is 0 Å². The Bertz CT molecular complexity index is 848. The first-order valence-corrected chi connectivity index (χ1v) is 10.3. The van der Waals surface area contributed by atoms with E-state index in [1.807, 2.05) is 45.0 Å². The fourth-order valence-electron chi connectivity index (χ4n) is 2.88. The van der Waals surface area contributed by atoms with Crippen LogP contribution in [0.3, 0.4) is 0 Å². The molecular formula is C18H22BrN5O2S. The van der Waals surface area contributed by atoms with E-state index in [0.717, 1.165) is 21.5 Å². The lowest BCUT2D eigenvalue weighted by Crippen LogP contribution is -2.52. The van der Waals surface area contributed by atoms with E-state index in [2.05, 4.69) is 36.8 Å². The molecule has 9 heteroatoms. The van der Waals surface area contributed by atoms with Gasteiger partial charge in [-0.05, 0) is 45.7 Å². The molecule has 0 aliphatic carbocycles. The third kappa shape index (κ3) is 5.04. The molecule has 1 aromatic heterocycles. The molecule has 0 saturated carbocycles. The Kier molecular flexibility index (Phi) is 5.81. The number of rotatable bonds is 3. The van der Waals surface area contributed by atoms with Crippen LogP contribution in [0.5, 0.6) is 0 Å². The maximum absolute atomic E-state index is 12.7. The normalized spacial score (nSPS) is 17.0. The molecule has 0 radical (unpaired) electrons. The summed E-state index contributed by atoms with van der Waals surface area (Å²) in [4.78, 5) is 26.7. The zero-order valence-electron chi connectivity index (χ0n) is 15.5. The maximum Gasteiger partial charge on any atom is 0.318 e. The fourth-order valence-corrected chi connectivity index (χ4v) is 4.02. The highest BCUT2D eigenvalue weighted by Crippen LogP contribution is 2.29. The second-order valence-electron chi connectivity index (χ2n) is 7.44. The Hall–Kier alpha value is -2.00. The van der Waals surface area contributed by atoms with Gasteiger partial charge in [0.25, 0.3) is 0 Å². The summed E-state index contributed by atoms with van der Waals surface area (Å²) in [6.45, 7) is 6.32. The standard InChI is InChI=1S/C18H22BrN5O2S/c1-18(2,3)21-17(26)24-9-5-8-13(24)14(25)20-16-23-22-15(27-16)11-6-4-7-12(19)10-11/h4,6-7,10,13H,5,8-9H2,1-3H3,(H,21,26)(H,20,23,25). The molecule has 1 atom stereocenters. The number of anilines is 1.